The number of halogens is 3. The van der Waals surface area contributed by atoms with Crippen LogP contribution in [0.2, 0.25) is 0 Å². The minimum atomic E-state index is -4.80. The Morgan fingerprint density at radius 1 is 1.15 bits per heavy atom. The number of benzene rings is 1. The molecule has 2 aliphatic rings. The van der Waals surface area contributed by atoms with Gasteiger partial charge in [0.05, 0.1) is 29.3 Å². The largest absolute Gasteiger partial charge is 0.573 e. The molecule has 1 aromatic carbocycles. The van der Waals surface area contributed by atoms with Crippen molar-refractivity contribution in [1.82, 2.24) is 19.4 Å². The van der Waals surface area contributed by atoms with Crippen LogP contribution in [-0.4, -0.2) is 31.6 Å². The molecule has 0 bridgehead atoms. The minimum absolute atomic E-state index is 0.0176. The number of imidazole rings is 1. The number of pyridine rings is 1. The van der Waals surface area contributed by atoms with Gasteiger partial charge in [0.2, 0.25) is 5.91 Å². The zero-order chi connectivity index (χ0) is 28.0. The fraction of sp³-hybridized carbons (Fsp3) is 0.357. The number of alkyl halides is 3. The number of para-hydroxylation sites is 1. The summed E-state index contributed by atoms with van der Waals surface area (Å²) in [7, 11) is 0. The van der Waals surface area contributed by atoms with Crippen LogP contribution >= 0.6 is 0 Å². The average Bonchev–Trinajstić information content (AvgIpc) is 3.53. The van der Waals surface area contributed by atoms with Gasteiger partial charge in [-0.2, -0.15) is 0 Å². The van der Waals surface area contributed by atoms with Crippen molar-refractivity contribution in [3.05, 3.63) is 71.7 Å². The van der Waals surface area contributed by atoms with E-state index in [9.17, 15) is 18.0 Å². The molecule has 3 aromatic heterocycles. The van der Waals surface area contributed by atoms with E-state index in [0.29, 0.717) is 53.2 Å². The van der Waals surface area contributed by atoms with Crippen LogP contribution in [0.4, 0.5) is 30.4 Å². The van der Waals surface area contributed by atoms with Gasteiger partial charge in [0.25, 0.3) is 0 Å². The summed E-state index contributed by atoms with van der Waals surface area (Å²) in [5, 5.41) is 6.15. The highest BCUT2D eigenvalue weighted by Crippen LogP contribution is 2.44. The summed E-state index contributed by atoms with van der Waals surface area (Å²) in [4.78, 5) is 26.4. The molecule has 1 atom stereocenters. The van der Waals surface area contributed by atoms with Gasteiger partial charge >= 0.3 is 6.36 Å². The number of hydrogen-bond acceptors (Lipinski definition) is 7. The standard InChI is InChI=1S/C28H28F3N7O2/c1-15-5-10-19(14-34-15)35-27(39)17-8-6-16(7-9-17)26-37-23(24-25(32)33-11-12-38(24)26)20-13-18-3-2-4-21(22(18)36-20)40-28(29,30)31/h2-5,10-12,14,16-17,20,36H,6-9,13H2,1H3,(H2,32,33)(H,35,39). The van der Waals surface area contributed by atoms with Gasteiger partial charge in [-0.1, -0.05) is 12.1 Å². The van der Waals surface area contributed by atoms with E-state index in [2.05, 4.69) is 25.3 Å². The fourth-order valence-corrected chi connectivity index (χ4v) is 5.78. The highest BCUT2D eigenvalue weighted by Gasteiger charge is 2.37. The summed E-state index contributed by atoms with van der Waals surface area (Å²) in [6, 6.07) is 7.89. The maximum Gasteiger partial charge on any atom is 0.573 e. The molecular formula is C28H28F3N7O2. The molecular weight excluding hydrogens is 523 g/mol. The fourth-order valence-electron chi connectivity index (χ4n) is 5.78. The predicted molar refractivity (Wildman–Crippen MR) is 143 cm³/mol. The highest BCUT2D eigenvalue weighted by molar-refractivity contribution is 5.92. The number of nitrogens with zero attached hydrogens (tertiary/aromatic N) is 4. The quantitative estimate of drug-likeness (QED) is 0.298. The third kappa shape index (κ3) is 5.01. The molecule has 12 heteroatoms. The number of carbonyl (C=O) groups is 1. The van der Waals surface area contributed by atoms with E-state index >= 15 is 0 Å². The average molecular weight is 552 g/mol. The van der Waals surface area contributed by atoms with Crippen LogP contribution in [0, 0.1) is 12.8 Å². The van der Waals surface area contributed by atoms with Crippen molar-refractivity contribution in [2.45, 2.75) is 57.3 Å². The van der Waals surface area contributed by atoms with Crippen LogP contribution in [0.15, 0.2) is 48.9 Å². The molecule has 0 saturated heterocycles. The van der Waals surface area contributed by atoms with Gasteiger partial charge < -0.3 is 21.1 Å². The van der Waals surface area contributed by atoms with Crippen molar-refractivity contribution in [3.8, 4) is 5.75 Å². The molecule has 208 valence electrons. The smallest absolute Gasteiger partial charge is 0.404 e. The zero-order valence-electron chi connectivity index (χ0n) is 21.7. The Morgan fingerprint density at radius 2 is 1.95 bits per heavy atom. The van der Waals surface area contributed by atoms with Crippen molar-refractivity contribution in [3.63, 3.8) is 0 Å². The van der Waals surface area contributed by atoms with Crippen LogP contribution in [-0.2, 0) is 11.2 Å². The predicted octanol–water partition coefficient (Wildman–Crippen LogP) is 5.54. The lowest BCUT2D eigenvalue weighted by atomic mass is 9.81. The summed E-state index contributed by atoms with van der Waals surface area (Å²) in [5.41, 5.74) is 10.1. The Kier molecular flexibility index (Phi) is 6.47. The molecule has 1 unspecified atom stereocenters. The number of ether oxygens (including phenoxy) is 1. The molecule has 6 rings (SSSR count). The number of amides is 1. The second-order valence-electron chi connectivity index (χ2n) is 10.4. The topological polar surface area (TPSA) is 119 Å². The lowest BCUT2D eigenvalue weighted by Crippen LogP contribution is -2.27. The Balaban J connectivity index is 1.22. The van der Waals surface area contributed by atoms with Crippen molar-refractivity contribution < 1.29 is 22.7 Å². The molecule has 1 amide bonds. The molecule has 1 fully saturated rings. The van der Waals surface area contributed by atoms with Gasteiger partial charge in [-0.3, -0.25) is 14.2 Å². The highest BCUT2D eigenvalue weighted by atomic mass is 19.4. The third-order valence-corrected chi connectivity index (χ3v) is 7.69. The Hall–Kier alpha value is -4.35. The van der Waals surface area contributed by atoms with E-state index in [4.69, 9.17) is 10.7 Å². The summed E-state index contributed by atoms with van der Waals surface area (Å²) in [6.07, 6.45) is 3.61. The molecule has 1 aliphatic carbocycles. The van der Waals surface area contributed by atoms with Crippen LogP contribution in [0.3, 0.4) is 0 Å². The lowest BCUT2D eigenvalue weighted by Gasteiger charge is -2.27. The van der Waals surface area contributed by atoms with E-state index in [-0.39, 0.29) is 23.5 Å². The first-order valence-electron chi connectivity index (χ1n) is 13.2. The van der Waals surface area contributed by atoms with Crippen molar-refractivity contribution in [2.24, 2.45) is 5.92 Å². The first-order valence-corrected chi connectivity index (χ1v) is 13.2. The molecule has 4 N–H and O–H groups in total. The number of aryl methyl sites for hydroxylation is 1. The molecule has 1 saturated carbocycles. The molecule has 0 spiro atoms. The number of fused-ring (bicyclic) bond motifs is 2. The van der Waals surface area contributed by atoms with Gasteiger partial charge in [0.1, 0.15) is 17.2 Å². The summed E-state index contributed by atoms with van der Waals surface area (Å²) >= 11 is 0. The van der Waals surface area contributed by atoms with E-state index in [1.54, 1.807) is 30.7 Å². The first-order chi connectivity index (χ1) is 19.2. The van der Waals surface area contributed by atoms with Gasteiger partial charge in [-0.25, -0.2) is 9.97 Å². The summed E-state index contributed by atoms with van der Waals surface area (Å²) < 4.78 is 45.1. The number of carbonyl (C=O) groups excluding carboxylic acids is 1. The van der Waals surface area contributed by atoms with Crippen LogP contribution in [0.25, 0.3) is 5.52 Å². The summed E-state index contributed by atoms with van der Waals surface area (Å²) in [6.45, 7) is 1.89. The van der Waals surface area contributed by atoms with Crippen LogP contribution < -0.4 is 21.1 Å². The molecule has 4 heterocycles. The number of rotatable bonds is 5. The van der Waals surface area contributed by atoms with Gasteiger partial charge in [0.15, 0.2) is 5.75 Å². The zero-order valence-corrected chi connectivity index (χ0v) is 21.7. The first kappa shape index (κ1) is 25.9. The molecule has 9 nitrogen and oxygen atoms in total. The van der Waals surface area contributed by atoms with Crippen LogP contribution in [0.5, 0.6) is 5.75 Å². The minimum Gasteiger partial charge on any atom is -0.404 e. The number of anilines is 3. The monoisotopic (exact) mass is 551 g/mol. The normalized spacial score (nSPS) is 20.6. The molecule has 0 radical (unpaired) electrons. The Bertz CT molecular complexity index is 1560. The number of nitrogens with two attached hydrogens (primary N) is 1. The second-order valence-corrected chi connectivity index (χ2v) is 10.4. The Morgan fingerprint density at radius 3 is 2.67 bits per heavy atom. The summed E-state index contributed by atoms with van der Waals surface area (Å²) in [5.74, 6) is 0.774. The van der Waals surface area contributed by atoms with Crippen LogP contribution in [0.1, 0.15) is 60.4 Å². The van der Waals surface area contributed by atoms with Gasteiger partial charge in [-0.05, 0) is 56.4 Å². The number of aromatic nitrogens is 4. The maximum absolute atomic E-state index is 13.0. The lowest BCUT2D eigenvalue weighted by molar-refractivity contribution is -0.274. The van der Waals surface area contributed by atoms with E-state index in [0.717, 1.165) is 24.4 Å². The van der Waals surface area contributed by atoms with Crippen molar-refractivity contribution >= 4 is 28.6 Å². The van der Waals surface area contributed by atoms with Gasteiger partial charge in [0, 0.05) is 36.3 Å². The second kappa shape index (κ2) is 10.00. The van der Waals surface area contributed by atoms with E-state index in [1.165, 1.54) is 6.07 Å². The van der Waals surface area contributed by atoms with E-state index in [1.807, 2.05) is 23.5 Å². The number of nitrogen functional groups attached to an aromatic ring is 1. The molecule has 1 aliphatic heterocycles. The molecule has 4 aromatic rings. The third-order valence-electron chi connectivity index (χ3n) is 7.69. The van der Waals surface area contributed by atoms with Crippen molar-refractivity contribution in [1.29, 1.82) is 0 Å². The number of nitrogens with one attached hydrogen (secondary N) is 2. The Labute approximate surface area is 228 Å². The number of hydrogen-bond donors (Lipinski definition) is 3. The maximum atomic E-state index is 13.0. The van der Waals surface area contributed by atoms with Gasteiger partial charge in [-0.15, -0.1) is 13.2 Å². The molecule has 40 heavy (non-hydrogen) atoms. The van der Waals surface area contributed by atoms with E-state index < -0.39 is 12.4 Å². The SMILES string of the molecule is Cc1ccc(NC(=O)C2CCC(c3nc(C4Cc5cccc(OC(F)(F)F)c5N4)c4c(N)nccn34)CC2)cn1. The van der Waals surface area contributed by atoms with Crippen molar-refractivity contribution in [2.75, 3.05) is 16.4 Å².